The first kappa shape index (κ1) is 14.0. The minimum Gasteiger partial charge on any atom is -0.492 e. The second kappa shape index (κ2) is 7.33. The number of aliphatic carboxylic acids is 1. The molecule has 0 atom stereocenters. The van der Waals surface area contributed by atoms with Crippen LogP contribution in [-0.4, -0.2) is 17.7 Å². The van der Waals surface area contributed by atoms with Gasteiger partial charge in [-0.3, -0.25) is 4.79 Å². The summed E-state index contributed by atoms with van der Waals surface area (Å²) in [6.45, 7) is 2.65. The molecule has 1 aromatic carbocycles. The van der Waals surface area contributed by atoms with Crippen molar-refractivity contribution in [2.75, 3.05) is 6.61 Å². The zero-order valence-corrected chi connectivity index (χ0v) is 11.5. The molecule has 0 heterocycles. The molecular weight excluding hydrogens is 284 g/mol. The van der Waals surface area contributed by atoms with Crippen LogP contribution in [0.5, 0.6) is 5.75 Å². The molecule has 1 aromatic rings. The lowest BCUT2D eigenvalue weighted by atomic mass is 10.2. The molecule has 0 saturated heterocycles. The predicted octanol–water partition coefficient (Wildman–Crippen LogP) is 3.78. The zero-order chi connectivity index (χ0) is 12.7. The quantitative estimate of drug-likeness (QED) is 0.780. The molecule has 0 unspecified atom stereocenters. The number of halogens is 1. The number of hydrogen-bond donors (Lipinski definition) is 1. The summed E-state index contributed by atoms with van der Waals surface area (Å²) in [5, 5.41) is 8.47. The summed E-state index contributed by atoms with van der Waals surface area (Å²) in [4.78, 5) is 10.3. The van der Waals surface area contributed by atoms with Gasteiger partial charge in [-0.05, 0) is 59.8 Å². The minimum atomic E-state index is -0.729. The summed E-state index contributed by atoms with van der Waals surface area (Å²) in [7, 11) is 0. The van der Waals surface area contributed by atoms with Crippen molar-refractivity contribution in [1.82, 2.24) is 0 Å². The van der Waals surface area contributed by atoms with Crippen molar-refractivity contribution < 1.29 is 14.6 Å². The van der Waals surface area contributed by atoms with Gasteiger partial charge >= 0.3 is 5.97 Å². The van der Waals surface area contributed by atoms with Gasteiger partial charge in [-0.15, -0.1) is 0 Å². The van der Waals surface area contributed by atoms with E-state index in [9.17, 15) is 4.79 Å². The SMILES string of the molecule is Cc1ccc(OCCCCCC(=O)O)c(Br)c1. The molecule has 1 N–H and O–H groups in total. The Labute approximate surface area is 110 Å². The molecule has 0 aliphatic heterocycles. The molecule has 17 heavy (non-hydrogen) atoms. The third-order valence-corrected chi connectivity index (χ3v) is 3.00. The molecule has 0 fully saturated rings. The second-order valence-electron chi connectivity index (χ2n) is 3.99. The number of hydrogen-bond acceptors (Lipinski definition) is 2. The lowest BCUT2D eigenvalue weighted by Crippen LogP contribution is -1.99. The van der Waals surface area contributed by atoms with Gasteiger partial charge in [0.05, 0.1) is 11.1 Å². The number of ether oxygens (including phenoxy) is 1. The topological polar surface area (TPSA) is 46.5 Å². The number of carboxylic acids is 1. The Kier molecular flexibility index (Phi) is 6.05. The van der Waals surface area contributed by atoms with E-state index >= 15 is 0 Å². The standard InChI is InChI=1S/C13H17BrO3/c1-10-6-7-12(11(14)9-10)17-8-4-2-3-5-13(15)16/h6-7,9H,2-5,8H2,1H3,(H,15,16). The van der Waals surface area contributed by atoms with Crippen LogP contribution >= 0.6 is 15.9 Å². The third kappa shape index (κ3) is 5.73. The fourth-order valence-electron chi connectivity index (χ4n) is 1.46. The van der Waals surface area contributed by atoms with Crippen LogP contribution in [-0.2, 0) is 4.79 Å². The highest BCUT2D eigenvalue weighted by atomic mass is 79.9. The Hall–Kier alpha value is -1.03. The van der Waals surface area contributed by atoms with E-state index in [2.05, 4.69) is 15.9 Å². The molecule has 0 spiro atoms. The van der Waals surface area contributed by atoms with Crippen molar-refractivity contribution in [2.24, 2.45) is 0 Å². The number of carbonyl (C=O) groups is 1. The van der Waals surface area contributed by atoms with E-state index in [1.165, 1.54) is 5.56 Å². The fourth-order valence-corrected chi connectivity index (χ4v) is 2.07. The van der Waals surface area contributed by atoms with Crippen LogP contribution < -0.4 is 4.74 Å². The minimum absolute atomic E-state index is 0.244. The van der Waals surface area contributed by atoms with Gasteiger partial charge in [-0.25, -0.2) is 0 Å². The van der Waals surface area contributed by atoms with E-state index in [0.29, 0.717) is 13.0 Å². The molecule has 0 saturated carbocycles. The lowest BCUT2D eigenvalue weighted by molar-refractivity contribution is -0.137. The van der Waals surface area contributed by atoms with E-state index in [1.54, 1.807) is 0 Å². The Balaban J connectivity index is 2.20. The maximum Gasteiger partial charge on any atom is 0.303 e. The Morgan fingerprint density at radius 2 is 2.12 bits per heavy atom. The van der Waals surface area contributed by atoms with Gasteiger partial charge in [0.15, 0.2) is 0 Å². The van der Waals surface area contributed by atoms with Crippen molar-refractivity contribution >= 4 is 21.9 Å². The molecule has 4 heteroatoms. The molecule has 94 valence electrons. The van der Waals surface area contributed by atoms with Crippen LogP contribution in [0.15, 0.2) is 22.7 Å². The van der Waals surface area contributed by atoms with Gasteiger partial charge in [-0.2, -0.15) is 0 Å². The van der Waals surface area contributed by atoms with E-state index in [4.69, 9.17) is 9.84 Å². The first-order valence-corrected chi connectivity index (χ1v) is 6.49. The number of aryl methyl sites for hydroxylation is 1. The molecule has 0 aliphatic carbocycles. The van der Waals surface area contributed by atoms with Crippen LogP contribution in [0.1, 0.15) is 31.2 Å². The summed E-state index contributed by atoms with van der Waals surface area (Å²) < 4.78 is 6.57. The maximum absolute atomic E-state index is 10.3. The predicted molar refractivity (Wildman–Crippen MR) is 70.5 cm³/mol. The van der Waals surface area contributed by atoms with E-state index in [1.807, 2.05) is 25.1 Å². The van der Waals surface area contributed by atoms with Gasteiger partial charge in [-0.1, -0.05) is 6.07 Å². The highest BCUT2D eigenvalue weighted by Crippen LogP contribution is 2.25. The van der Waals surface area contributed by atoms with Gasteiger partial charge in [0.1, 0.15) is 5.75 Å². The first-order valence-electron chi connectivity index (χ1n) is 5.70. The lowest BCUT2D eigenvalue weighted by Gasteiger charge is -2.08. The van der Waals surface area contributed by atoms with E-state index in [-0.39, 0.29) is 6.42 Å². The smallest absolute Gasteiger partial charge is 0.303 e. The molecule has 0 bridgehead atoms. The van der Waals surface area contributed by atoms with Crippen LogP contribution in [0.4, 0.5) is 0 Å². The molecular formula is C13H17BrO3. The number of rotatable bonds is 7. The van der Waals surface area contributed by atoms with Crippen molar-refractivity contribution in [3.63, 3.8) is 0 Å². The van der Waals surface area contributed by atoms with Crippen molar-refractivity contribution in [3.8, 4) is 5.75 Å². The number of carboxylic acid groups (broad SMARTS) is 1. The first-order chi connectivity index (χ1) is 8.09. The third-order valence-electron chi connectivity index (χ3n) is 2.38. The van der Waals surface area contributed by atoms with Crippen molar-refractivity contribution in [3.05, 3.63) is 28.2 Å². The largest absolute Gasteiger partial charge is 0.492 e. The van der Waals surface area contributed by atoms with Crippen molar-refractivity contribution in [1.29, 1.82) is 0 Å². The average molecular weight is 301 g/mol. The Morgan fingerprint density at radius 3 is 2.76 bits per heavy atom. The van der Waals surface area contributed by atoms with Gasteiger partial charge in [0.2, 0.25) is 0 Å². The highest BCUT2D eigenvalue weighted by molar-refractivity contribution is 9.10. The van der Waals surface area contributed by atoms with Crippen LogP contribution in [0.25, 0.3) is 0 Å². The molecule has 0 radical (unpaired) electrons. The monoisotopic (exact) mass is 300 g/mol. The average Bonchev–Trinajstić information content (AvgIpc) is 2.25. The zero-order valence-electron chi connectivity index (χ0n) is 9.91. The second-order valence-corrected chi connectivity index (χ2v) is 4.84. The van der Waals surface area contributed by atoms with E-state index in [0.717, 1.165) is 23.1 Å². The molecule has 1 rings (SSSR count). The van der Waals surface area contributed by atoms with Gasteiger partial charge in [0, 0.05) is 6.42 Å². The number of unbranched alkanes of at least 4 members (excludes halogenated alkanes) is 2. The van der Waals surface area contributed by atoms with Gasteiger partial charge < -0.3 is 9.84 Å². The van der Waals surface area contributed by atoms with E-state index < -0.39 is 5.97 Å². The maximum atomic E-state index is 10.3. The fraction of sp³-hybridized carbons (Fsp3) is 0.462. The van der Waals surface area contributed by atoms with Crippen molar-refractivity contribution in [2.45, 2.75) is 32.6 Å². The van der Waals surface area contributed by atoms with Gasteiger partial charge in [0.25, 0.3) is 0 Å². The summed E-state index contributed by atoms with van der Waals surface area (Å²) in [5.41, 5.74) is 1.19. The highest BCUT2D eigenvalue weighted by Gasteiger charge is 2.01. The Bertz CT molecular complexity index is 377. The Morgan fingerprint density at radius 1 is 1.35 bits per heavy atom. The summed E-state index contributed by atoms with van der Waals surface area (Å²) in [5.74, 6) is 0.112. The van der Waals surface area contributed by atoms with Crippen LogP contribution in [0, 0.1) is 6.92 Å². The van der Waals surface area contributed by atoms with Crippen LogP contribution in [0.2, 0.25) is 0 Å². The molecule has 3 nitrogen and oxygen atoms in total. The molecule has 0 amide bonds. The molecule has 0 aromatic heterocycles. The normalized spacial score (nSPS) is 10.2. The molecule has 0 aliphatic rings. The van der Waals surface area contributed by atoms with Crippen LogP contribution in [0.3, 0.4) is 0 Å². The number of benzene rings is 1. The summed E-state index contributed by atoms with van der Waals surface area (Å²) in [6, 6.07) is 5.96. The summed E-state index contributed by atoms with van der Waals surface area (Å²) >= 11 is 3.45. The summed E-state index contributed by atoms with van der Waals surface area (Å²) in [6.07, 6.45) is 2.73.